The van der Waals surface area contributed by atoms with Crippen LogP contribution >= 0.6 is 0 Å². The molecule has 0 fully saturated rings. The van der Waals surface area contributed by atoms with Gasteiger partial charge in [-0.25, -0.2) is 5.43 Å². The van der Waals surface area contributed by atoms with Crippen LogP contribution in [0.2, 0.25) is 0 Å². The van der Waals surface area contributed by atoms with Crippen LogP contribution in [0.1, 0.15) is 37.9 Å². The van der Waals surface area contributed by atoms with E-state index >= 15 is 0 Å². The Morgan fingerprint density at radius 1 is 1.10 bits per heavy atom. The molecule has 1 heterocycles. The Balaban J connectivity index is 1.57. The summed E-state index contributed by atoms with van der Waals surface area (Å²) in [5.74, 6) is 0.106. The van der Waals surface area contributed by atoms with Crippen molar-refractivity contribution in [2.45, 2.75) is 39.3 Å². The molecule has 0 saturated carbocycles. The highest BCUT2D eigenvalue weighted by molar-refractivity contribution is 6.00. The lowest BCUT2D eigenvalue weighted by Crippen LogP contribution is -2.43. The SMILES string of the molecule is COc1ccc(CC(=O)N[C@H](C)C(=O)N/N=C\c2cn(C(C)C)c3ccccc23)cc1. The van der Waals surface area contributed by atoms with Crippen LogP contribution in [-0.2, 0) is 16.0 Å². The molecule has 7 nitrogen and oxygen atoms in total. The molecule has 0 bridgehead atoms. The monoisotopic (exact) mass is 420 g/mol. The number of hydrazone groups is 1. The molecule has 0 saturated heterocycles. The number of fused-ring (bicyclic) bond motifs is 1. The van der Waals surface area contributed by atoms with E-state index in [4.69, 9.17) is 4.74 Å². The van der Waals surface area contributed by atoms with Crippen molar-refractivity contribution in [3.8, 4) is 5.75 Å². The quantitative estimate of drug-likeness (QED) is 0.433. The summed E-state index contributed by atoms with van der Waals surface area (Å²) in [6.07, 6.45) is 3.83. The van der Waals surface area contributed by atoms with Crippen LogP contribution in [0.15, 0.2) is 59.8 Å². The molecule has 0 aliphatic carbocycles. The Bertz CT molecular complexity index is 1080. The van der Waals surface area contributed by atoms with Gasteiger partial charge in [-0.3, -0.25) is 9.59 Å². The molecule has 3 aromatic rings. The summed E-state index contributed by atoms with van der Waals surface area (Å²) in [6.45, 7) is 5.86. The minimum atomic E-state index is -0.708. The van der Waals surface area contributed by atoms with Gasteiger partial charge in [-0.1, -0.05) is 30.3 Å². The third-order valence-corrected chi connectivity index (χ3v) is 5.00. The summed E-state index contributed by atoms with van der Waals surface area (Å²) >= 11 is 0. The summed E-state index contributed by atoms with van der Waals surface area (Å²) < 4.78 is 7.28. The average molecular weight is 421 g/mol. The highest BCUT2D eigenvalue weighted by Gasteiger charge is 2.15. The number of aromatic nitrogens is 1. The number of hydrogen-bond donors (Lipinski definition) is 2. The van der Waals surface area contributed by atoms with Crippen LogP contribution in [0.5, 0.6) is 5.75 Å². The van der Waals surface area contributed by atoms with Crippen molar-refractivity contribution in [2.75, 3.05) is 7.11 Å². The maximum absolute atomic E-state index is 12.3. The summed E-state index contributed by atoms with van der Waals surface area (Å²) in [5, 5.41) is 7.85. The molecule has 7 heteroatoms. The van der Waals surface area contributed by atoms with Crippen LogP contribution in [0, 0.1) is 0 Å². The Labute approximate surface area is 182 Å². The fourth-order valence-electron chi connectivity index (χ4n) is 3.31. The zero-order valence-corrected chi connectivity index (χ0v) is 18.3. The van der Waals surface area contributed by atoms with Gasteiger partial charge in [0.2, 0.25) is 5.91 Å². The largest absolute Gasteiger partial charge is 0.497 e. The molecule has 162 valence electrons. The minimum Gasteiger partial charge on any atom is -0.497 e. The summed E-state index contributed by atoms with van der Waals surface area (Å²) in [7, 11) is 1.59. The molecule has 1 atom stereocenters. The molecule has 0 unspecified atom stereocenters. The summed E-state index contributed by atoms with van der Waals surface area (Å²) in [5.41, 5.74) is 5.38. The molecule has 0 spiro atoms. The van der Waals surface area contributed by atoms with E-state index < -0.39 is 6.04 Å². The van der Waals surface area contributed by atoms with Crippen LogP contribution < -0.4 is 15.5 Å². The standard InChI is InChI=1S/C24H28N4O3/c1-16(2)28-15-19(21-7-5-6-8-22(21)28)14-25-27-24(30)17(3)26-23(29)13-18-9-11-20(31-4)12-10-18/h5-12,14-17H,13H2,1-4H3,(H,26,29)(H,27,30)/b25-14-/t17-/m1/s1. The van der Waals surface area contributed by atoms with Gasteiger partial charge in [0.15, 0.2) is 0 Å². The number of amides is 2. The Hall–Kier alpha value is -3.61. The molecule has 2 aromatic carbocycles. The van der Waals surface area contributed by atoms with E-state index in [0.717, 1.165) is 27.8 Å². The van der Waals surface area contributed by atoms with Gasteiger partial charge in [-0.2, -0.15) is 5.10 Å². The van der Waals surface area contributed by atoms with Gasteiger partial charge in [-0.05, 0) is 44.5 Å². The predicted octanol–water partition coefficient (Wildman–Crippen LogP) is 3.43. The van der Waals surface area contributed by atoms with Crippen molar-refractivity contribution in [2.24, 2.45) is 5.10 Å². The van der Waals surface area contributed by atoms with Crippen molar-refractivity contribution in [1.29, 1.82) is 0 Å². The number of carbonyl (C=O) groups is 2. The molecule has 0 radical (unpaired) electrons. The first-order chi connectivity index (χ1) is 14.9. The molecule has 1 aromatic heterocycles. The Morgan fingerprint density at radius 3 is 2.48 bits per heavy atom. The summed E-state index contributed by atoms with van der Waals surface area (Å²) in [6, 6.07) is 14.9. The van der Waals surface area contributed by atoms with Gasteiger partial charge >= 0.3 is 0 Å². The summed E-state index contributed by atoms with van der Waals surface area (Å²) in [4.78, 5) is 24.5. The predicted molar refractivity (Wildman–Crippen MR) is 122 cm³/mol. The van der Waals surface area contributed by atoms with E-state index in [9.17, 15) is 9.59 Å². The number of rotatable bonds is 8. The van der Waals surface area contributed by atoms with Gasteiger partial charge in [0.25, 0.3) is 5.91 Å². The van der Waals surface area contributed by atoms with E-state index in [1.165, 1.54) is 0 Å². The average Bonchev–Trinajstić information content (AvgIpc) is 3.13. The number of nitrogens with one attached hydrogen (secondary N) is 2. The molecule has 31 heavy (non-hydrogen) atoms. The number of hydrogen-bond acceptors (Lipinski definition) is 4. The molecule has 3 rings (SSSR count). The maximum Gasteiger partial charge on any atom is 0.262 e. The highest BCUT2D eigenvalue weighted by atomic mass is 16.5. The third-order valence-electron chi connectivity index (χ3n) is 5.00. The van der Waals surface area contributed by atoms with Crippen molar-refractivity contribution < 1.29 is 14.3 Å². The fraction of sp³-hybridized carbons (Fsp3) is 0.292. The highest BCUT2D eigenvalue weighted by Crippen LogP contribution is 2.23. The van der Waals surface area contributed by atoms with Crippen molar-refractivity contribution in [3.63, 3.8) is 0 Å². The normalized spacial score (nSPS) is 12.3. The molecule has 0 aliphatic rings. The lowest BCUT2D eigenvalue weighted by atomic mass is 10.1. The van der Waals surface area contributed by atoms with Crippen LogP contribution in [-0.4, -0.2) is 35.7 Å². The van der Waals surface area contributed by atoms with Crippen LogP contribution in [0.4, 0.5) is 0 Å². The number of para-hydroxylation sites is 1. The number of methoxy groups -OCH3 is 1. The van der Waals surface area contributed by atoms with Crippen molar-refractivity contribution in [3.05, 3.63) is 65.9 Å². The van der Waals surface area contributed by atoms with Gasteiger partial charge in [0, 0.05) is 28.7 Å². The maximum atomic E-state index is 12.3. The molecule has 2 amide bonds. The van der Waals surface area contributed by atoms with E-state index in [0.29, 0.717) is 6.04 Å². The van der Waals surface area contributed by atoms with Gasteiger partial charge in [0.1, 0.15) is 11.8 Å². The fourth-order valence-corrected chi connectivity index (χ4v) is 3.31. The first kappa shape index (κ1) is 22.1. The molecular formula is C24H28N4O3. The first-order valence-corrected chi connectivity index (χ1v) is 10.2. The van der Waals surface area contributed by atoms with Gasteiger partial charge in [-0.15, -0.1) is 0 Å². The second-order valence-corrected chi connectivity index (χ2v) is 7.65. The van der Waals surface area contributed by atoms with Crippen molar-refractivity contribution >= 4 is 28.9 Å². The van der Waals surface area contributed by atoms with E-state index in [1.807, 2.05) is 36.5 Å². The molecule has 2 N–H and O–H groups in total. The topological polar surface area (TPSA) is 84.7 Å². The van der Waals surface area contributed by atoms with E-state index in [1.54, 1.807) is 32.4 Å². The van der Waals surface area contributed by atoms with Gasteiger partial charge in [0.05, 0.1) is 19.7 Å². The Kier molecular flexibility index (Phi) is 7.07. The van der Waals surface area contributed by atoms with E-state index in [-0.39, 0.29) is 18.2 Å². The smallest absolute Gasteiger partial charge is 0.262 e. The molecule has 0 aliphatic heterocycles. The van der Waals surface area contributed by atoms with Gasteiger partial charge < -0.3 is 14.6 Å². The van der Waals surface area contributed by atoms with Crippen molar-refractivity contribution in [1.82, 2.24) is 15.3 Å². The lowest BCUT2D eigenvalue weighted by Gasteiger charge is -2.12. The zero-order valence-electron chi connectivity index (χ0n) is 18.3. The van der Waals surface area contributed by atoms with E-state index in [2.05, 4.69) is 40.3 Å². The Morgan fingerprint density at radius 2 is 1.81 bits per heavy atom. The second kappa shape index (κ2) is 9.93. The molecular weight excluding hydrogens is 392 g/mol. The third kappa shape index (κ3) is 5.51. The number of benzene rings is 2. The van der Waals surface area contributed by atoms with Crippen LogP contribution in [0.25, 0.3) is 10.9 Å². The number of ether oxygens (including phenoxy) is 1. The lowest BCUT2D eigenvalue weighted by molar-refractivity contribution is -0.128. The second-order valence-electron chi connectivity index (χ2n) is 7.65. The number of carbonyl (C=O) groups excluding carboxylic acids is 2. The first-order valence-electron chi connectivity index (χ1n) is 10.2. The minimum absolute atomic E-state index is 0.180. The van der Waals surface area contributed by atoms with Crippen LogP contribution in [0.3, 0.4) is 0 Å². The zero-order chi connectivity index (χ0) is 22.4. The number of nitrogens with zero attached hydrogens (tertiary/aromatic N) is 2.